The number of hydrogen-bond donors (Lipinski definition) is 1. The number of hydrogen-bond acceptors (Lipinski definition) is 1. The fourth-order valence-electron chi connectivity index (χ4n) is 0.563. The molecule has 0 heterocycles. The van der Waals surface area contributed by atoms with Crippen LogP contribution in [0.3, 0.4) is 0 Å². The van der Waals surface area contributed by atoms with Gasteiger partial charge in [0.1, 0.15) is 0 Å². The van der Waals surface area contributed by atoms with E-state index in [-0.39, 0.29) is 0 Å². The Morgan fingerprint density at radius 1 is 1.33 bits per heavy atom. The van der Waals surface area contributed by atoms with Crippen LogP contribution in [0.25, 0.3) is 0 Å². The molecule has 0 fully saturated rings. The largest absolute Gasteiger partial charge is 0.391 e. The molecule has 9 heavy (non-hydrogen) atoms. The average Bonchev–Trinajstić information content (AvgIpc) is 1.89. The molecule has 0 bridgehead atoms. The maximum Gasteiger partial charge on any atom is 0.0141 e. The van der Waals surface area contributed by atoms with Crippen molar-refractivity contribution in [2.45, 2.75) is 33.1 Å². The fraction of sp³-hybridized carbons (Fsp3) is 0.750. The molecule has 1 N–H and O–H groups in total. The Kier molecular flexibility index (Phi) is 7.15. The van der Waals surface area contributed by atoms with Gasteiger partial charge < -0.3 is 5.32 Å². The first kappa shape index (κ1) is 8.54. The Balaban J connectivity index is 2.82. The second kappa shape index (κ2) is 7.54. The van der Waals surface area contributed by atoms with Crippen LogP contribution >= 0.6 is 0 Å². The van der Waals surface area contributed by atoms with Crippen molar-refractivity contribution in [3.8, 4) is 0 Å². The highest BCUT2D eigenvalue weighted by atomic mass is 14.8. The highest BCUT2D eigenvalue weighted by molar-refractivity contribution is 4.76. The van der Waals surface area contributed by atoms with Gasteiger partial charge in [0.15, 0.2) is 0 Å². The smallest absolute Gasteiger partial charge is 0.0141 e. The summed E-state index contributed by atoms with van der Waals surface area (Å²) in [6, 6.07) is 0. The van der Waals surface area contributed by atoms with Crippen molar-refractivity contribution >= 4 is 0 Å². The predicted octanol–water partition coefficient (Wildman–Crippen LogP) is 2.30. The lowest BCUT2D eigenvalue weighted by Gasteiger charge is -1.95. The molecule has 0 aliphatic carbocycles. The Hall–Kier alpha value is -0.460. The summed E-state index contributed by atoms with van der Waals surface area (Å²) in [5.41, 5.74) is 0. The summed E-state index contributed by atoms with van der Waals surface area (Å²) in [7, 11) is 0. The van der Waals surface area contributed by atoms with Gasteiger partial charge in [-0.25, -0.2) is 0 Å². The minimum Gasteiger partial charge on any atom is -0.391 e. The number of allylic oxidation sites excluding steroid dienone is 1. The van der Waals surface area contributed by atoms with Crippen LogP contribution in [0.2, 0.25) is 0 Å². The third-order valence-electron chi connectivity index (χ3n) is 1.15. The van der Waals surface area contributed by atoms with Crippen molar-refractivity contribution in [3.05, 3.63) is 12.3 Å². The Bertz CT molecular complexity index is 67.0. The van der Waals surface area contributed by atoms with Gasteiger partial charge in [-0.3, -0.25) is 0 Å². The van der Waals surface area contributed by atoms with E-state index in [2.05, 4.69) is 25.2 Å². The lowest BCUT2D eigenvalue weighted by Crippen LogP contribution is -2.05. The van der Waals surface area contributed by atoms with Crippen LogP contribution in [-0.2, 0) is 0 Å². The summed E-state index contributed by atoms with van der Waals surface area (Å²) in [6.45, 7) is 5.45. The van der Waals surface area contributed by atoms with Crippen LogP contribution in [-0.4, -0.2) is 6.54 Å². The van der Waals surface area contributed by atoms with Gasteiger partial charge in [-0.2, -0.15) is 0 Å². The summed E-state index contributed by atoms with van der Waals surface area (Å²) in [5.74, 6) is 0. The minimum atomic E-state index is 1.12. The van der Waals surface area contributed by atoms with Crippen molar-refractivity contribution < 1.29 is 0 Å². The third-order valence-corrected chi connectivity index (χ3v) is 1.15. The fourth-order valence-corrected chi connectivity index (χ4v) is 0.563. The van der Waals surface area contributed by atoms with Gasteiger partial charge in [-0.1, -0.05) is 26.3 Å². The second-order valence-electron chi connectivity index (χ2n) is 2.12. The maximum atomic E-state index is 3.21. The van der Waals surface area contributed by atoms with Crippen molar-refractivity contribution in [2.24, 2.45) is 0 Å². The Morgan fingerprint density at radius 3 is 2.67 bits per heavy atom. The molecule has 1 nitrogen and oxygen atoms in total. The van der Waals surface area contributed by atoms with Gasteiger partial charge in [0.25, 0.3) is 0 Å². The quantitative estimate of drug-likeness (QED) is 0.559. The van der Waals surface area contributed by atoms with E-state index in [1.165, 1.54) is 12.8 Å². The van der Waals surface area contributed by atoms with Crippen LogP contribution in [0, 0.1) is 0 Å². The summed E-state index contributed by atoms with van der Waals surface area (Å²) in [4.78, 5) is 0. The third kappa shape index (κ3) is 7.54. The average molecular weight is 127 g/mol. The summed E-state index contributed by atoms with van der Waals surface area (Å²) in [6.07, 6.45) is 7.84. The van der Waals surface area contributed by atoms with Crippen molar-refractivity contribution in [3.63, 3.8) is 0 Å². The van der Waals surface area contributed by atoms with Crippen LogP contribution in [0.4, 0.5) is 0 Å². The zero-order valence-corrected chi connectivity index (χ0v) is 6.48. The highest BCUT2D eigenvalue weighted by Gasteiger charge is 1.76. The molecular formula is C8H17N. The van der Waals surface area contributed by atoms with E-state index in [1.54, 1.807) is 0 Å². The molecule has 0 aliphatic heterocycles. The number of unbranched alkanes of at least 4 members (excludes halogenated alkanes) is 1. The minimum absolute atomic E-state index is 1.12. The second-order valence-corrected chi connectivity index (χ2v) is 2.12. The van der Waals surface area contributed by atoms with E-state index < -0.39 is 0 Å². The SMILES string of the molecule is CC/C=C/NCCCC. The molecule has 0 saturated carbocycles. The van der Waals surface area contributed by atoms with E-state index in [0.717, 1.165) is 13.0 Å². The molecule has 0 atom stereocenters. The maximum absolute atomic E-state index is 3.21. The van der Waals surface area contributed by atoms with Crippen molar-refractivity contribution in [1.82, 2.24) is 5.32 Å². The van der Waals surface area contributed by atoms with Gasteiger partial charge in [0.2, 0.25) is 0 Å². The van der Waals surface area contributed by atoms with E-state index in [1.807, 2.05) is 6.20 Å². The standard InChI is InChI=1S/C8H17N/c1-3-5-7-9-8-6-4-2/h5,7,9H,3-4,6,8H2,1-2H3/b7-5+. The Morgan fingerprint density at radius 2 is 2.11 bits per heavy atom. The molecule has 0 radical (unpaired) electrons. The summed E-state index contributed by atoms with van der Waals surface area (Å²) >= 11 is 0. The number of nitrogens with one attached hydrogen (secondary N) is 1. The first-order valence-corrected chi connectivity index (χ1v) is 3.80. The van der Waals surface area contributed by atoms with Gasteiger partial charge >= 0.3 is 0 Å². The topological polar surface area (TPSA) is 12.0 Å². The lowest BCUT2D eigenvalue weighted by molar-refractivity contribution is 0.733. The molecule has 0 aromatic rings. The summed E-state index contributed by atoms with van der Waals surface area (Å²) < 4.78 is 0. The van der Waals surface area contributed by atoms with E-state index >= 15 is 0 Å². The van der Waals surface area contributed by atoms with E-state index in [4.69, 9.17) is 0 Å². The molecule has 0 spiro atoms. The monoisotopic (exact) mass is 127 g/mol. The predicted molar refractivity (Wildman–Crippen MR) is 42.3 cm³/mol. The van der Waals surface area contributed by atoms with Gasteiger partial charge in [-0.15, -0.1) is 0 Å². The highest BCUT2D eigenvalue weighted by Crippen LogP contribution is 1.82. The molecule has 0 unspecified atom stereocenters. The summed E-state index contributed by atoms with van der Waals surface area (Å²) in [5, 5.41) is 3.21. The van der Waals surface area contributed by atoms with E-state index in [9.17, 15) is 0 Å². The molecule has 54 valence electrons. The first-order valence-electron chi connectivity index (χ1n) is 3.80. The molecule has 0 aromatic carbocycles. The zero-order valence-electron chi connectivity index (χ0n) is 6.48. The van der Waals surface area contributed by atoms with Crippen molar-refractivity contribution in [1.29, 1.82) is 0 Å². The molecule has 1 heteroatoms. The molecule has 0 rings (SSSR count). The van der Waals surface area contributed by atoms with Gasteiger partial charge in [-0.05, 0) is 19.0 Å². The van der Waals surface area contributed by atoms with E-state index in [0.29, 0.717) is 0 Å². The zero-order chi connectivity index (χ0) is 6.95. The lowest BCUT2D eigenvalue weighted by atomic mass is 10.3. The van der Waals surface area contributed by atoms with Crippen LogP contribution in [0.15, 0.2) is 12.3 Å². The molecule has 0 saturated heterocycles. The van der Waals surface area contributed by atoms with Gasteiger partial charge in [0, 0.05) is 6.54 Å². The molecule has 0 aliphatic rings. The van der Waals surface area contributed by atoms with Gasteiger partial charge in [0.05, 0.1) is 0 Å². The van der Waals surface area contributed by atoms with Crippen LogP contribution < -0.4 is 5.32 Å². The van der Waals surface area contributed by atoms with Crippen LogP contribution in [0.1, 0.15) is 33.1 Å². The number of rotatable bonds is 5. The first-order chi connectivity index (χ1) is 4.41. The molecule has 0 amide bonds. The van der Waals surface area contributed by atoms with Crippen molar-refractivity contribution in [2.75, 3.05) is 6.54 Å². The molecule has 0 aromatic heterocycles. The van der Waals surface area contributed by atoms with Crippen LogP contribution in [0.5, 0.6) is 0 Å². The normalized spacial score (nSPS) is 10.4. The Labute approximate surface area is 58.2 Å². The molecular weight excluding hydrogens is 110 g/mol.